The van der Waals surface area contributed by atoms with Crippen LogP contribution < -0.4 is 5.32 Å². The van der Waals surface area contributed by atoms with Crippen molar-refractivity contribution >= 4 is 29.0 Å². The number of carbonyl (C=O) groups excluding carboxylic acids is 2. The highest BCUT2D eigenvalue weighted by Gasteiger charge is 2.22. The van der Waals surface area contributed by atoms with Gasteiger partial charge in [0.15, 0.2) is 23.1 Å². The number of hydrogen-bond donors (Lipinski definition) is 1. The number of amides is 1. The largest absolute Gasteiger partial charge is 0.462 e. The monoisotopic (exact) mass is 492 g/mol. The van der Waals surface area contributed by atoms with E-state index in [0.717, 1.165) is 11.3 Å². The van der Waals surface area contributed by atoms with Crippen molar-refractivity contribution in [2.45, 2.75) is 27.3 Å². The quantitative estimate of drug-likeness (QED) is 0.364. The number of halogens is 1. The molecule has 1 N–H and O–H groups in total. The van der Waals surface area contributed by atoms with Crippen LogP contribution in [0.25, 0.3) is 10.8 Å². The van der Waals surface area contributed by atoms with Crippen LogP contribution in [0.5, 0.6) is 0 Å². The number of aryl methyl sites for hydroxylation is 1. The Morgan fingerprint density at radius 2 is 1.97 bits per heavy atom. The summed E-state index contributed by atoms with van der Waals surface area (Å²) in [6.07, 6.45) is 1.51. The smallest absolute Gasteiger partial charge is 0.358 e. The molecule has 3 aromatic heterocycles. The first-order valence-corrected chi connectivity index (χ1v) is 11.4. The number of nitriles is 1. The molecule has 0 aliphatic heterocycles. The molecule has 0 unspecified atom stereocenters. The van der Waals surface area contributed by atoms with E-state index in [1.54, 1.807) is 42.7 Å². The van der Waals surface area contributed by atoms with E-state index in [9.17, 15) is 19.2 Å². The minimum absolute atomic E-state index is 0.110. The van der Waals surface area contributed by atoms with E-state index in [4.69, 9.17) is 9.15 Å². The van der Waals surface area contributed by atoms with Crippen molar-refractivity contribution in [1.82, 2.24) is 9.55 Å². The highest BCUT2D eigenvalue weighted by Crippen LogP contribution is 2.29. The number of ether oxygens (including phenoxy) is 1. The zero-order valence-electron chi connectivity index (χ0n) is 19.2. The van der Waals surface area contributed by atoms with E-state index < -0.39 is 18.5 Å². The third-order valence-corrected chi connectivity index (χ3v) is 6.49. The molecule has 4 rings (SSSR count). The van der Waals surface area contributed by atoms with Gasteiger partial charge in [-0.05, 0) is 56.2 Å². The first-order chi connectivity index (χ1) is 16.8. The van der Waals surface area contributed by atoms with E-state index in [-0.39, 0.29) is 17.3 Å². The van der Waals surface area contributed by atoms with Crippen molar-refractivity contribution in [1.29, 1.82) is 5.26 Å². The molecule has 0 fully saturated rings. The normalized spacial score (nSPS) is 10.7. The Hall–Kier alpha value is -4.23. The van der Waals surface area contributed by atoms with Gasteiger partial charge in [0, 0.05) is 17.1 Å². The standard InChI is InChI=1S/C25H21FN4O4S/c1-14-15(2)30(12-17-6-8-18(26)9-7-17)23(19(14)11-27)28-21(31)13-34-25(32)22-16(3)35-24(29-22)20-5-4-10-33-20/h4-10H,12-13H2,1-3H3,(H,28,31). The average Bonchev–Trinajstić information content (AvgIpc) is 3.55. The number of nitrogens with zero attached hydrogens (tertiary/aromatic N) is 3. The van der Waals surface area contributed by atoms with Crippen molar-refractivity contribution in [3.63, 3.8) is 0 Å². The van der Waals surface area contributed by atoms with Crippen LogP contribution in [0.4, 0.5) is 10.2 Å². The molecule has 178 valence electrons. The summed E-state index contributed by atoms with van der Waals surface area (Å²) >= 11 is 1.28. The molecular formula is C25H21FN4O4S. The van der Waals surface area contributed by atoms with Gasteiger partial charge in [0.25, 0.3) is 5.91 Å². The van der Waals surface area contributed by atoms with Crippen LogP contribution >= 0.6 is 11.3 Å². The predicted octanol–water partition coefficient (Wildman–Crippen LogP) is 4.98. The lowest BCUT2D eigenvalue weighted by molar-refractivity contribution is -0.119. The third-order valence-electron chi connectivity index (χ3n) is 5.51. The number of thiazole rings is 1. The number of anilines is 1. The van der Waals surface area contributed by atoms with Crippen molar-refractivity contribution in [3.05, 3.63) is 81.4 Å². The lowest BCUT2D eigenvalue weighted by Gasteiger charge is -2.13. The molecule has 10 heteroatoms. The number of nitrogens with one attached hydrogen (secondary N) is 1. The summed E-state index contributed by atoms with van der Waals surface area (Å²) in [5.41, 5.74) is 2.70. The summed E-state index contributed by atoms with van der Waals surface area (Å²) in [6, 6.07) is 11.5. The highest BCUT2D eigenvalue weighted by atomic mass is 32.1. The van der Waals surface area contributed by atoms with E-state index >= 15 is 0 Å². The third kappa shape index (κ3) is 5.00. The molecule has 35 heavy (non-hydrogen) atoms. The van der Waals surface area contributed by atoms with E-state index in [2.05, 4.69) is 16.4 Å². The van der Waals surface area contributed by atoms with Gasteiger partial charge in [0.05, 0.1) is 11.8 Å². The van der Waals surface area contributed by atoms with Crippen LogP contribution in [0.1, 0.15) is 37.7 Å². The molecule has 1 amide bonds. The molecule has 0 saturated carbocycles. The number of esters is 1. The minimum atomic E-state index is -0.735. The zero-order chi connectivity index (χ0) is 25.1. The molecule has 3 heterocycles. The molecule has 0 aliphatic rings. The van der Waals surface area contributed by atoms with Crippen molar-refractivity contribution in [2.24, 2.45) is 0 Å². The Morgan fingerprint density at radius 1 is 1.23 bits per heavy atom. The van der Waals surface area contributed by atoms with E-state index in [1.165, 1.54) is 29.7 Å². The Balaban J connectivity index is 1.48. The lowest BCUT2D eigenvalue weighted by Crippen LogP contribution is -2.23. The van der Waals surface area contributed by atoms with Gasteiger partial charge < -0.3 is 19.0 Å². The summed E-state index contributed by atoms with van der Waals surface area (Å²) in [5, 5.41) is 12.9. The van der Waals surface area contributed by atoms with E-state index in [1.807, 2.05) is 6.92 Å². The van der Waals surface area contributed by atoms with Gasteiger partial charge in [-0.15, -0.1) is 11.3 Å². The molecular weight excluding hydrogens is 471 g/mol. The van der Waals surface area contributed by atoms with Gasteiger partial charge in [0.2, 0.25) is 0 Å². The second kappa shape index (κ2) is 9.95. The number of benzene rings is 1. The van der Waals surface area contributed by atoms with Crippen LogP contribution in [0.2, 0.25) is 0 Å². The summed E-state index contributed by atoms with van der Waals surface area (Å²) in [5.74, 6) is -0.869. The SMILES string of the molecule is Cc1sc(-c2ccco2)nc1C(=O)OCC(=O)Nc1c(C#N)c(C)c(C)n1Cc1ccc(F)cc1. The summed E-state index contributed by atoms with van der Waals surface area (Å²) in [4.78, 5) is 30.1. The summed E-state index contributed by atoms with van der Waals surface area (Å²) in [7, 11) is 0. The Morgan fingerprint density at radius 3 is 2.63 bits per heavy atom. The summed E-state index contributed by atoms with van der Waals surface area (Å²) < 4.78 is 25.6. The van der Waals surface area contributed by atoms with Crippen molar-refractivity contribution in [2.75, 3.05) is 11.9 Å². The second-order valence-corrected chi connectivity index (χ2v) is 8.99. The highest BCUT2D eigenvalue weighted by molar-refractivity contribution is 7.15. The molecule has 0 atom stereocenters. The molecule has 0 bridgehead atoms. The summed E-state index contributed by atoms with van der Waals surface area (Å²) in [6.45, 7) is 5.10. The van der Waals surface area contributed by atoms with Gasteiger partial charge in [-0.3, -0.25) is 4.79 Å². The number of rotatable bonds is 7. The first kappa shape index (κ1) is 23.9. The van der Waals surface area contributed by atoms with Crippen molar-refractivity contribution in [3.8, 4) is 16.8 Å². The topological polar surface area (TPSA) is 110 Å². The van der Waals surface area contributed by atoms with Gasteiger partial charge in [-0.25, -0.2) is 14.2 Å². The Labute approximate surface area is 204 Å². The molecule has 4 aromatic rings. The first-order valence-electron chi connectivity index (χ1n) is 10.6. The van der Waals surface area contributed by atoms with Crippen LogP contribution in [-0.2, 0) is 16.1 Å². The molecule has 0 aliphatic carbocycles. The van der Waals surface area contributed by atoms with Crippen LogP contribution in [-0.4, -0.2) is 28.0 Å². The maximum atomic E-state index is 13.3. The number of furan rings is 1. The minimum Gasteiger partial charge on any atom is -0.462 e. The fourth-order valence-electron chi connectivity index (χ4n) is 3.56. The molecule has 0 saturated heterocycles. The second-order valence-electron chi connectivity index (χ2n) is 7.78. The zero-order valence-corrected chi connectivity index (χ0v) is 20.0. The maximum Gasteiger partial charge on any atom is 0.358 e. The number of hydrogen-bond acceptors (Lipinski definition) is 7. The average molecular weight is 493 g/mol. The molecule has 1 aromatic carbocycles. The van der Waals surface area contributed by atoms with E-state index in [0.29, 0.717) is 33.3 Å². The maximum absolute atomic E-state index is 13.3. The van der Waals surface area contributed by atoms with Gasteiger partial charge in [-0.2, -0.15) is 5.26 Å². The number of aromatic nitrogens is 2. The molecule has 0 radical (unpaired) electrons. The van der Waals surface area contributed by atoms with Crippen LogP contribution in [0, 0.1) is 37.9 Å². The number of carbonyl (C=O) groups is 2. The Bertz CT molecular complexity index is 1430. The molecule has 8 nitrogen and oxygen atoms in total. The molecule has 0 spiro atoms. The van der Waals surface area contributed by atoms with Crippen LogP contribution in [0.15, 0.2) is 47.1 Å². The van der Waals surface area contributed by atoms with Gasteiger partial charge in [0.1, 0.15) is 17.7 Å². The predicted molar refractivity (Wildman–Crippen MR) is 128 cm³/mol. The fourth-order valence-corrected chi connectivity index (χ4v) is 4.43. The van der Waals surface area contributed by atoms with Gasteiger partial charge >= 0.3 is 5.97 Å². The van der Waals surface area contributed by atoms with Crippen LogP contribution in [0.3, 0.4) is 0 Å². The van der Waals surface area contributed by atoms with Crippen molar-refractivity contribution < 1.29 is 23.1 Å². The Kier molecular flexibility index (Phi) is 6.80. The fraction of sp³-hybridized carbons (Fsp3) is 0.200. The van der Waals surface area contributed by atoms with Gasteiger partial charge in [-0.1, -0.05) is 12.1 Å². The lowest BCUT2D eigenvalue weighted by atomic mass is 10.2.